The van der Waals surface area contributed by atoms with E-state index in [0.717, 1.165) is 24.1 Å². The molecule has 0 unspecified atom stereocenters. The number of rotatable bonds is 6. The van der Waals surface area contributed by atoms with E-state index in [0.29, 0.717) is 39.1 Å². The predicted molar refractivity (Wildman–Crippen MR) is 103 cm³/mol. The molecule has 1 N–H and O–H groups in total. The summed E-state index contributed by atoms with van der Waals surface area (Å²) in [5.74, 6) is -0.148. The smallest absolute Gasteiger partial charge is 0.243 e. The van der Waals surface area contributed by atoms with Crippen LogP contribution < -0.4 is 5.43 Å². The molecule has 2 aliphatic rings. The molecule has 7 nitrogen and oxygen atoms in total. The summed E-state index contributed by atoms with van der Waals surface area (Å²) < 4.78 is 31.8. The summed E-state index contributed by atoms with van der Waals surface area (Å²) in [7, 11) is -3.48. The molecule has 0 radical (unpaired) electrons. The van der Waals surface area contributed by atoms with Crippen LogP contribution in [-0.4, -0.2) is 50.6 Å². The number of hydrogen-bond acceptors (Lipinski definition) is 5. The van der Waals surface area contributed by atoms with Gasteiger partial charge in [0.15, 0.2) is 0 Å². The normalized spacial score (nSPS) is 19.9. The van der Waals surface area contributed by atoms with Crippen molar-refractivity contribution >= 4 is 21.6 Å². The maximum absolute atomic E-state index is 12.6. The summed E-state index contributed by atoms with van der Waals surface area (Å²) in [4.78, 5) is 12.2. The quantitative estimate of drug-likeness (QED) is 0.750. The van der Waals surface area contributed by atoms with Crippen LogP contribution in [0.3, 0.4) is 0 Å². The minimum absolute atomic E-state index is 0.148. The molecule has 1 aliphatic heterocycles. The van der Waals surface area contributed by atoms with Crippen molar-refractivity contribution in [1.29, 1.82) is 0 Å². The number of nitrogens with one attached hydrogen (secondary N) is 1. The second-order valence-corrected chi connectivity index (χ2v) is 8.73. The van der Waals surface area contributed by atoms with Crippen molar-refractivity contribution in [2.75, 3.05) is 26.3 Å². The lowest BCUT2D eigenvalue weighted by Gasteiger charge is -2.26. The number of amides is 1. The molecule has 27 heavy (non-hydrogen) atoms. The molecule has 0 bridgehead atoms. The second kappa shape index (κ2) is 8.77. The van der Waals surface area contributed by atoms with Gasteiger partial charge in [0.1, 0.15) is 0 Å². The lowest BCUT2D eigenvalue weighted by molar-refractivity contribution is -0.121. The predicted octanol–water partition coefficient (Wildman–Crippen LogP) is 1.85. The number of hydrazone groups is 1. The lowest BCUT2D eigenvalue weighted by atomic mass is 10.1. The molecule has 1 aromatic carbocycles. The summed E-state index contributed by atoms with van der Waals surface area (Å²) in [6, 6.07) is 6.72. The van der Waals surface area contributed by atoms with E-state index < -0.39 is 10.0 Å². The number of hydrogen-bond donors (Lipinski definition) is 1. The van der Waals surface area contributed by atoms with Crippen LogP contribution >= 0.6 is 0 Å². The van der Waals surface area contributed by atoms with Gasteiger partial charge >= 0.3 is 0 Å². The first kappa shape index (κ1) is 19.7. The van der Waals surface area contributed by atoms with E-state index in [2.05, 4.69) is 10.5 Å². The highest BCUT2D eigenvalue weighted by Gasteiger charge is 2.26. The Hall–Kier alpha value is -2.03. The molecule has 1 aromatic rings. The van der Waals surface area contributed by atoms with Crippen LogP contribution in [0.1, 0.15) is 31.7 Å². The zero-order valence-corrected chi connectivity index (χ0v) is 16.3. The van der Waals surface area contributed by atoms with Crippen molar-refractivity contribution in [3.63, 3.8) is 0 Å². The summed E-state index contributed by atoms with van der Waals surface area (Å²) in [6.45, 7) is 3.65. The summed E-state index contributed by atoms with van der Waals surface area (Å²) in [6.07, 6.45) is 4.69. The van der Waals surface area contributed by atoms with Crippen LogP contribution in [0.4, 0.5) is 0 Å². The van der Waals surface area contributed by atoms with Crippen LogP contribution in [0.15, 0.2) is 45.9 Å². The van der Waals surface area contributed by atoms with Crippen LogP contribution in [0, 0.1) is 0 Å². The van der Waals surface area contributed by atoms with E-state index in [1.165, 1.54) is 9.88 Å². The fourth-order valence-corrected chi connectivity index (χ4v) is 4.46. The number of aryl methyl sites for hydroxylation is 1. The topological polar surface area (TPSA) is 88.1 Å². The molecule has 1 fully saturated rings. The molecule has 8 heteroatoms. The van der Waals surface area contributed by atoms with Crippen molar-refractivity contribution in [3.05, 3.63) is 41.5 Å². The first-order valence-corrected chi connectivity index (χ1v) is 10.6. The fourth-order valence-electron chi connectivity index (χ4n) is 3.05. The lowest BCUT2D eigenvalue weighted by Crippen LogP contribution is -2.40. The highest BCUT2D eigenvalue weighted by molar-refractivity contribution is 7.89. The maximum atomic E-state index is 12.6. The number of benzene rings is 1. The average Bonchev–Trinajstić information content (AvgIpc) is 3.11. The highest BCUT2D eigenvalue weighted by atomic mass is 32.2. The van der Waals surface area contributed by atoms with Gasteiger partial charge in [-0.05, 0) is 50.0 Å². The van der Waals surface area contributed by atoms with Gasteiger partial charge in [-0.3, -0.25) is 4.79 Å². The van der Waals surface area contributed by atoms with Gasteiger partial charge in [0, 0.05) is 19.5 Å². The van der Waals surface area contributed by atoms with E-state index in [9.17, 15) is 13.2 Å². The van der Waals surface area contributed by atoms with Crippen molar-refractivity contribution in [3.8, 4) is 0 Å². The second-order valence-electron chi connectivity index (χ2n) is 6.79. The molecule has 1 aliphatic carbocycles. The Kier molecular flexibility index (Phi) is 6.41. The van der Waals surface area contributed by atoms with Crippen LogP contribution in [-0.2, 0) is 26.0 Å². The fraction of sp³-hybridized carbons (Fsp3) is 0.474. The van der Waals surface area contributed by atoms with Crippen molar-refractivity contribution in [2.45, 2.75) is 37.5 Å². The molecule has 146 valence electrons. The van der Waals surface area contributed by atoms with Gasteiger partial charge in [0.25, 0.3) is 0 Å². The van der Waals surface area contributed by atoms with E-state index in [1.54, 1.807) is 24.3 Å². The van der Waals surface area contributed by atoms with Gasteiger partial charge in [-0.1, -0.05) is 17.7 Å². The van der Waals surface area contributed by atoms with E-state index in [-0.39, 0.29) is 10.8 Å². The molecule has 0 spiro atoms. The van der Waals surface area contributed by atoms with E-state index >= 15 is 0 Å². The Balaban J connectivity index is 1.52. The van der Waals surface area contributed by atoms with Gasteiger partial charge < -0.3 is 4.74 Å². The molecule has 0 saturated carbocycles. The minimum atomic E-state index is -3.48. The number of ether oxygens (including phenoxy) is 1. The Morgan fingerprint density at radius 2 is 1.89 bits per heavy atom. The van der Waals surface area contributed by atoms with Crippen molar-refractivity contribution in [2.24, 2.45) is 5.10 Å². The average molecular weight is 391 g/mol. The van der Waals surface area contributed by atoms with E-state index in [4.69, 9.17) is 4.74 Å². The Morgan fingerprint density at radius 3 is 2.52 bits per heavy atom. The molecule has 3 rings (SSSR count). The molecule has 1 saturated heterocycles. The Bertz CT molecular complexity index is 838. The number of sulfonamides is 1. The van der Waals surface area contributed by atoms with Gasteiger partial charge in [0.2, 0.25) is 15.9 Å². The summed E-state index contributed by atoms with van der Waals surface area (Å²) in [5, 5.41) is 4.13. The Morgan fingerprint density at radius 1 is 1.19 bits per heavy atom. The SMILES string of the molecule is CC1=C/C(=N\NC(=O)CCc2ccc(S(=O)(=O)N3CCOCC3)cc2)CC1. The molecule has 1 heterocycles. The van der Waals surface area contributed by atoms with Crippen LogP contribution in [0.25, 0.3) is 0 Å². The van der Waals surface area contributed by atoms with Crippen LogP contribution in [0.5, 0.6) is 0 Å². The molecular weight excluding hydrogens is 366 g/mol. The number of carbonyl (C=O) groups excluding carboxylic acids is 1. The number of morpholine rings is 1. The monoisotopic (exact) mass is 391 g/mol. The van der Waals surface area contributed by atoms with Gasteiger partial charge in [0.05, 0.1) is 23.8 Å². The summed E-state index contributed by atoms with van der Waals surface area (Å²) >= 11 is 0. The first-order chi connectivity index (χ1) is 12.9. The third-order valence-corrected chi connectivity index (χ3v) is 6.60. The summed E-state index contributed by atoms with van der Waals surface area (Å²) in [5.41, 5.74) is 5.67. The minimum Gasteiger partial charge on any atom is -0.379 e. The molecule has 0 aromatic heterocycles. The van der Waals surface area contributed by atoms with Crippen molar-refractivity contribution < 1.29 is 17.9 Å². The zero-order valence-electron chi connectivity index (χ0n) is 15.5. The zero-order chi connectivity index (χ0) is 19.3. The van der Waals surface area contributed by atoms with Gasteiger partial charge in [-0.2, -0.15) is 9.41 Å². The molecule has 1 amide bonds. The van der Waals surface area contributed by atoms with Gasteiger partial charge in [-0.25, -0.2) is 13.8 Å². The number of allylic oxidation sites excluding steroid dienone is 2. The highest BCUT2D eigenvalue weighted by Crippen LogP contribution is 2.18. The van der Waals surface area contributed by atoms with Gasteiger partial charge in [-0.15, -0.1) is 0 Å². The third kappa shape index (κ3) is 5.24. The largest absolute Gasteiger partial charge is 0.379 e. The standard InChI is InChI=1S/C19H25N3O4S/c1-15-2-6-17(14-15)20-21-19(23)9-5-16-3-7-18(8-4-16)27(24,25)22-10-12-26-13-11-22/h3-4,7-8,14H,2,5-6,9-13H2,1H3,(H,21,23)/b20-17-. The number of carbonyl (C=O) groups is 1. The molecular formula is C19H25N3O4S. The van der Waals surface area contributed by atoms with Crippen molar-refractivity contribution in [1.82, 2.24) is 9.73 Å². The third-order valence-electron chi connectivity index (χ3n) is 4.68. The molecule has 0 atom stereocenters. The van der Waals surface area contributed by atoms with Crippen LogP contribution in [0.2, 0.25) is 0 Å². The number of nitrogens with zero attached hydrogens (tertiary/aromatic N) is 2. The van der Waals surface area contributed by atoms with E-state index in [1.807, 2.05) is 13.0 Å². The maximum Gasteiger partial charge on any atom is 0.243 e. The first-order valence-electron chi connectivity index (χ1n) is 9.14. The Labute approximate surface area is 160 Å².